The Morgan fingerprint density at radius 1 is 1.13 bits per heavy atom. The second-order valence-electron chi connectivity index (χ2n) is 6.92. The van der Waals surface area contributed by atoms with E-state index in [4.69, 9.17) is 0 Å². The SMILES string of the molecule is CC(CC(C)(C)C)C(C(=O)O)C(C)(C)C. The van der Waals surface area contributed by atoms with Crippen LogP contribution in [0.3, 0.4) is 0 Å². The smallest absolute Gasteiger partial charge is 0.307 e. The lowest BCUT2D eigenvalue weighted by Crippen LogP contribution is -2.35. The van der Waals surface area contributed by atoms with Gasteiger partial charge in [-0.15, -0.1) is 0 Å². The summed E-state index contributed by atoms with van der Waals surface area (Å²) in [7, 11) is 0. The van der Waals surface area contributed by atoms with Crippen LogP contribution in [0.1, 0.15) is 54.9 Å². The molecule has 0 heterocycles. The molecule has 0 amide bonds. The van der Waals surface area contributed by atoms with Gasteiger partial charge < -0.3 is 5.11 Å². The first-order chi connectivity index (χ1) is 6.45. The topological polar surface area (TPSA) is 37.3 Å². The minimum Gasteiger partial charge on any atom is -0.481 e. The van der Waals surface area contributed by atoms with Crippen molar-refractivity contribution in [1.29, 1.82) is 0 Å². The van der Waals surface area contributed by atoms with Gasteiger partial charge in [0.25, 0.3) is 0 Å². The fraction of sp³-hybridized carbons (Fsp3) is 0.923. The third-order valence-corrected chi connectivity index (χ3v) is 2.70. The molecule has 15 heavy (non-hydrogen) atoms. The van der Waals surface area contributed by atoms with Crippen molar-refractivity contribution < 1.29 is 9.90 Å². The molecule has 0 aliphatic heterocycles. The van der Waals surface area contributed by atoms with Gasteiger partial charge in [0.15, 0.2) is 0 Å². The molecular weight excluding hydrogens is 188 g/mol. The molecule has 0 spiro atoms. The van der Waals surface area contributed by atoms with E-state index in [0.29, 0.717) is 0 Å². The minimum absolute atomic E-state index is 0.170. The van der Waals surface area contributed by atoms with Crippen LogP contribution in [0.4, 0.5) is 0 Å². The first-order valence-electron chi connectivity index (χ1n) is 5.68. The molecule has 2 atom stereocenters. The molecule has 2 heteroatoms. The van der Waals surface area contributed by atoms with Crippen LogP contribution in [0.2, 0.25) is 0 Å². The number of carboxylic acid groups (broad SMARTS) is 1. The zero-order valence-corrected chi connectivity index (χ0v) is 11.2. The van der Waals surface area contributed by atoms with Crippen molar-refractivity contribution in [2.24, 2.45) is 22.7 Å². The first kappa shape index (κ1) is 14.5. The van der Waals surface area contributed by atoms with Crippen molar-refractivity contribution >= 4 is 5.97 Å². The lowest BCUT2D eigenvalue weighted by Gasteiger charge is -2.35. The predicted molar refractivity (Wildman–Crippen MR) is 63.8 cm³/mol. The van der Waals surface area contributed by atoms with E-state index in [-0.39, 0.29) is 22.7 Å². The monoisotopic (exact) mass is 214 g/mol. The van der Waals surface area contributed by atoms with Crippen LogP contribution in [0.5, 0.6) is 0 Å². The summed E-state index contributed by atoms with van der Waals surface area (Å²) >= 11 is 0. The Balaban J connectivity index is 4.73. The molecule has 0 bridgehead atoms. The van der Waals surface area contributed by atoms with E-state index in [1.165, 1.54) is 0 Å². The summed E-state index contributed by atoms with van der Waals surface area (Å²) in [6.45, 7) is 14.5. The Morgan fingerprint density at radius 2 is 1.53 bits per heavy atom. The van der Waals surface area contributed by atoms with Gasteiger partial charge in [-0.1, -0.05) is 48.5 Å². The van der Waals surface area contributed by atoms with Crippen molar-refractivity contribution in [1.82, 2.24) is 0 Å². The molecule has 0 aromatic carbocycles. The van der Waals surface area contributed by atoms with Gasteiger partial charge in [-0.25, -0.2) is 0 Å². The Bertz CT molecular complexity index is 218. The lowest BCUT2D eigenvalue weighted by molar-refractivity contribution is -0.148. The van der Waals surface area contributed by atoms with Crippen molar-refractivity contribution in [2.45, 2.75) is 54.9 Å². The fourth-order valence-electron chi connectivity index (χ4n) is 2.55. The van der Waals surface area contributed by atoms with E-state index in [0.717, 1.165) is 6.42 Å². The summed E-state index contributed by atoms with van der Waals surface area (Å²) in [4.78, 5) is 11.3. The Hall–Kier alpha value is -0.530. The Morgan fingerprint density at radius 3 is 1.73 bits per heavy atom. The summed E-state index contributed by atoms with van der Waals surface area (Å²) in [6, 6.07) is 0. The van der Waals surface area contributed by atoms with Crippen LogP contribution in [0, 0.1) is 22.7 Å². The zero-order valence-electron chi connectivity index (χ0n) is 11.2. The maximum atomic E-state index is 11.3. The highest BCUT2D eigenvalue weighted by atomic mass is 16.4. The van der Waals surface area contributed by atoms with E-state index < -0.39 is 5.97 Å². The van der Waals surface area contributed by atoms with E-state index in [1.54, 1.807) is 0 Å². The normalized spacial score (nSPS) is 17.3. The number of hydrogen-bond donors (Lipinski definition) is 1. The molecule has 0 radical (unpaired) electrons. The van der Waals surface area contributed by atoms with Crippen LogP contribution in [0.15, 0.2) is 0 Å². The van der Waals surface area contributed by atoms with Gasteiger partial charge in [0.2, 0.25) is 0 Å². The van der Waals surface area contributed by atoms with Crippen molar-refractivity contribution in [3.8, 4) is 0 Å². The molecule has 0 aliphatic rings. The van der Waals surface area contributed by atoms with Crippen LogP contribution in [0.25, 0.3) is 0 Å². The van der Waals surface area contributed by atoms with E-state index in [1.807, 2.05) is 20.8 Å². The fourth-order valence-corrected chi connectivity index (χ4v) is 2.55. The van der Waals surface area contributed by atoms with Gasteiger partial charge in [0, 0.05) is 0 Å². The molecular formula is C13H26O2. The van der Waals surface area contributed by atoms with Gasteiger partial charge >= 0.3 is 5.97 Å². The second-order valence-corrected chi connectivity index (χ2v) is 6.92. The first-order valence-corrected chi connectivity index (χ1v) is 5.68. The minimum atomic E-state index is -0.667. The summed E-state index contributed by atoms with van der Waals surface area (Å²) < 4.78 is 0. The summed E-state index contributed by atoms with van der Waals surface area (Å²) in [5, 5.41) is 9.28. The lowest BCUT2D eigenvalue weighted by atomic mass is 9.69. The highest BCUT2D eigenvalue weighted by Gasteiger charge is 2.37. The molecule has 0 aliphatic carbocycles. The molecule has 0 rings (SSSR count). The molecule has 0 saturated heterocycles. The zero-order chi connectivity index (χ0) is 12.4. The molecule has 0 fully saturated rings. The Labute approximate surface area is 94.1 Å². The molecule has 90 valence electrons. The molecule has 1 N–H and O–H groups in total. The van der Waals surface area contributed by atoms with E-state index in [9.17, 15) is 9.90 Å². The van der Waals surface area contributed by atoms with Crippen molar-refractivity contribution in [3.63, 3.8) is 0 Å². The highest BCUT2D eigenvalue weighted by Crippen LogP contribution is 2.38. The third kappa shape index (κ3) is 5.19. The number of rotatable bonds is 3. The second kappa shape index (κ2) is 4.54. The van der Waals surface area contributed by atoms with Crippen LogP contribution >= 0.6 is 0 Å². The number of hydrogen-bond acceptors (Lipinski definition) is 1. The standard InChI is InChI=1S/C13H26O2/c1-9(8-12(2,3)4)10(11(14)15)13(5,6)7/h9-10H,8H2,1-7H3,(H,14,15). The van der Waals surface area contributed by atoms with Gasteiger partial charge in [0.05, 0.1) is 5.92 Å². The van der Waals surface area contributed by atoms with Gasteiger partial charge in [-0.2, -0.15) is 0 Å². The molecule has 0 aromatic heterocycles. The highest BCUT2D eigenvalue weighted by molar-refractivity contribution is 5.71. The maximum Gasteiger partial charge on any atom is 0.307 e. The van der Waals surface area contributed by atoms with Gasteiger partial charge in [-0.3, -0.25) is 4.79 Å². The number of carboxylic acids is 1. The van der Waals surface area contributed by atoms with Gasteiger partial charge in [-0.05, 0) is 23.2 Å². The summed E-state index contributed by atoms with van der Waals surface area (Å²) in [5.41, 5.74) is 0.0227. The number of carbonyl (C=O) groups is 1. The van der Waals surface area contributed by atoms with E-state index >= 15 is 0 Å². The average molecular weight is 214 g/mol. The van der Waals surface area contributed by atoms with Crippen LogP contribution in [-0.2, 0) is 4.79 Å². The summed E-state index contributed by atoms with van der Waals surface area (Å²) in [5.74, 6) is -0.724. The molecule has 0 aromatic rings. The quantitative estimate of drug-likeness (QED) is 0.775. The predicted octanol–water partition coefficient (Wildman–Crippen LogP) is 3.81. The van der Waals surface area contributed by atoms with Crippen LogP contribution < -0.4 is 0 Å². The molecule has 0 saturated carbocycles. The molecule has 2 unspecified atom stereocenters. The van der Waals surface area contributed by atoms with Crippen molar-refractivity contribution in [3.05, 3.63) is 0 Å². The summed E-state index contributed by atoms with van der Waals surface area (Å²) in [6.07, 6.45) is 0.946. The maximum absolute atomic E-state index is 11.3. The van der Waals surface area contributed by atoms with E-state index in [2.05, 4.69) is 27.7 Å². The molecule has 2 nitrogen and oxygen atoms in total. The van der Waals surface area contributed by atoms with Crippen molar-refractivity contribution in [2.75, 3.05) is 0 Å². The van der Waals surface area contributed by atoms with Gasteiger partial charge in [0.1, 0.15) is 0 Å². The van der Waals surface area contributed by atoms with Crippen LogP contribution in [-0.4, -0.2) is 11.1 Å². The third-order valence-electron chi connectivity index (χ3n) is 2.70. The Kier molecular flexibility index (Phi) is 4.38. The average Bonchev–Trinajstić information content (AvgIpc) is 1.74. The largest absolute Gasteiger partial charge is 0.481 e. The number of aliphatic carboxylic acids is 1.